The minimum absolute atomic E-state index is 0.0401. The van der Waals surface area contributed by atoms with Crippen LogP contribution in [0.2, 0.25) is 5.02 Å². The van der Waals surface area contributed by atoms with E-state index in [9.17, 15) is 14.5 Å². The first-order valence-corrected chi connectivity index (χ1v) is 6.39. The SMILES string of the molecule is NNc1ncnc(Oc2cc(F)c(Cl)cc2Br)c1[N+](=O)[O-]. The number of nitrogen functional groups attached to an aromatic ring is 1. The maximum atomic E-state index is 13.4. The highest BCUT2D eigenvalue weighted by atomic mass is 79.9. The van der Waals surface area contributed by atoms with Gasteiger partial charge in [-0.2, -0.15) is 4.98 Å². The fourth-order valence-electron chi connectivity index (χ4n) is 1.39. The van der Waals surface area contributed by atoms with Crippen LogP contribution in [0.1, 0.15) is 0 Å². The summed E-state index contributed by atoms with van der Waals surface area (Å²) in [6.07, 6.45) is 1.01. The third kappa shape index (κ3) is 3.17. The summed E-state index contributed by atoms with van der Waals surface area (Å²) < 4.78 is 19.0. The number of rotatable bonds is 4. The Labute approximate surface area is 130 Å². The number of nitro groups is 1. The zero-order valence-corrected chi connectivity index (χ0v) is 12.4. The summed E-state index contributed by atoms with van der Waals surface area (Å²) in [5.41, 5.74) is 1.48. The molecule has 11 heteroatoms. The molecule has 0 spiro atoms. The molecule has 3 N–H and O–H groups in total. The zero-order chi connectivity index (χ0) is 15.6. The average Bonchev–Trinajstić information content (AvgIpc) is 2.44. The van der Waals surface area contributed by atoms with Crippen molar-refractivity contribution in [3.63, 3.8) is 0 Å². The monoisotopic (exact) mass is 377 g/mol. The lowest BCUT2D eigenvalue weighted by Crippen LogP contribution is -2.12. The topological polar surface area (TPSA) is 116 Å². The van der Waals surface area contributed by atoms with Crippen LogP contribution in [0.5, 0.6) is 11.6 Å². The van der Waals surface area contributed by atoms with E-state index in [1.54, 1.807) is 0 Å². The van der Waals surface area contributed by atoms with Crippen LogP contribution in [0, 0.1) is 15.9 Å². The van der Waals surface area contributed by atoms with E-state index in [4.69, 9.17) is 22.2 Å². The van der Waals surface area contributed by atoms with Crippen molar-refractivity contribution in [1.29, 1.82) is 0 Å². The van der Waals surface area contributed by atoms with E-state index < -0.39 is 22.3 Å². The van der Waals surface area contributed by atoms with Crippen molar-refractivity contribution in [2.75, 3.05) is 5.43 Å². The van der Waals surface area contributed by atoms with Gasteiger partial charge < -0.3 is 10.2 Å². The molecule has 0 aliphatic heterocycles. The summed E-state index contributed by atoms with van der Waals surface area (Å²) in [6.45, 7) is 0. The molecule has 0 aliphatic carbocycles. The first kappa shape index (κ1) is 15.4. The van der Waals surface area contributed by atoms with Gasteiger partial charge in [0.05, 0.1) is 14.4 Å². The number of hydrogen-bond donors (Lipinski definition) is 2. The van der Waals surface area contributed by atoms with Gasteiger partial charge in [0, 0.05) is 6.07 Å². The number of halogens is 3. The van der Waals surface area contributed by atoms with Crippen molar-refractivity contribution in [3.05, 3.63) is 43.9 Å². The van der Waals surface area contributed by atoms with Gasteiger partial charge in [-0.15, -0.1) is 0 Å². The number of nitrogens with two attached hydrogens (primary N) is 1. The van der Waals surface area contributed by atoms with Crippen molar-refractivity contribution >= 4 is 39.0 Å². The minimum Gasteiger partial charge on any atom is -0.432 e. The Morgan fingerprint density at radius 1 is 1.48 bits per heavy atom. The molecule has 0 aliphatic rings. The van der Waals surface area contributed by atoms with Crippen LogP contribution >= 0.6 is 27.5 Å². The van der Waals surface area contributed by atoms with E-state index in [1.807, 2.05) is 0 Å². The molecule has 0 atom stereocenters. The number of nitrogens with one attached hydrogen (secondary N) is 1. The summed E-state index contributed by atoms with van der Waals surface area (Å²) in [5.74, 6) is 3.71. The van der Waals surface area contributed by atoms with Crippen molar-refractivity contribution < 1.29 is 14.1 Å². The summed E-state index contributed by atoms with van der Waals surface area (Å²) in [4.78, 5) is 17.5. The highest BCUT2D eigenvalue weighted by Crippen LogP contribution is 2.38. The average molecular weight is 379 g/mol. The fraction of sp³-hybridized carbons (Fsp3) is 0. The van der Waals surface area contributed by atoms with Gasteiger partial charge in [0.25, 0.3) is 0 Å². The molecule has 0 amide bonds. The maximum Gasteiger partial charge on any atom is 0.374 e. The van der Waals surface area contributed by atoms with Gasteiger partial charge in [0.1, 0.15) is 17.9 Å². The molecule has 0 radical (unpaired) electrons. The summed E-state index contributed by atoms with van der Waals surface area (Å²) in [6, 6.07) is 2.22. The van der Waals surface area contributed by atoms with Crippen LogP contribution in [0.15, 0.2) is 22.9 Å². The van der Waals surface area contributed by atoms with E-state index in [-0.39, 0.29) is 16.6 Å². The van der Waals surface area contributed by atoms with Crippen LogP contribution in [0.25, 0.3) is 0 Å². The van der Waals surface area contributed by atoms with Crippen LogP contribution in [-0.4, -0.2) is 14.9 Å². The molecule has 2 rings (SSSR count). The molecule has 0 bridgehead atoms. The second-order valence-electron chi connectivity index (χ2n) is 3.58. The van der Waals surface area contributed by atoms with Crippen LogP contribution in [0.3, 0.4) is 0 Å². The molecule has 0 fully saturated rings. The third-order valence-electron chi connectivity index (χ3n) is 2.29. The Morgan fingerprint density at radius 3 is 2.81 bits per heavy atom. The number of hydrogen-bond acceptors (Lipinski definition) is 7. The molecule has 1 heterocycles. The molecular formula is C10H6BrClFN5O3. The van der Waals surface area contributed by atoms with E-state index in [1.165, 1.54) is 6.07 Å². The normalized spacial score (nSPS) is 10.3. The Morgan fingerprint density at radius 2 is 2.19 bits per heavy atom. The van der Waals surface area contributed by atoms with Gasteiger partial charge in [-0.25, -0.2) is 15.2 Å². The Hall–Kier alpha value is -2.04. The van der Waals surface area contributed by atoms with Gasteiger partial charge in [-0.05, 0) is 22.0 Å². The molecule has 110 valence electrons. The van der Waals surface area contributed by atoms with Gasteiger partial charge in [0.2, 0.25) is 5.82 Å². The number of nitrogens with zero attached hydrogens (tertiary/aromatic N) is 3. The molecule has 0 unspecified atom stereocenters. The van der Waals surface area contributed by atoms with E-state index in [2.05, 4.69) is 31.3 Å². The van der Waals surface area contributed by atoms with Crippen molar-refractivity contribution in [2.45, 2.75) is 0 Å². The van der Waals surface area contributed by atoms with Gasteiger partial charge in [-0.3, -0.25) is 10.1 Å². The summed E-state index contributed by atoms with van der Waals surface area (Å²) >= 11 is 8.70. The van der Waals surface area contributed by atoms with Crippen molar-refractivity contribution in [2.24, 2.45) is 5.84 Å². The second-order valence-corrected chi connectivity index (χ2v) is 4.84. The molecule has 2 aromatic rings. The van der Waals surface area contributed by atoms with Crippen LogP contribution in [0.4, 0.5) is 15.9 Å². The fourth-order valence-corrected chi connectivity index (χ4v) is 2.11. The Balaban J connectivity index is 2.49. The minimum atomic E-state index is -0.773. The van der Waals surface area contributed by atoms with Gasteiger partial charge in [-0.1, -0.05) is 11.6 Å². The van der Waals surface area contributed by atoms with Crippen LogP contribution in [-0.2, 0) is 0 Å². The number of aromatic nitrogens is 2. The lowest BCUT2D eigenvalue weighted by molar-refractivity contribution is -0.385. The molecule has 21 heavy (non-hydrogen) atoms. The number of benzene rings is 1. The number of anilines is 1. The largest absolute Gasteiger partial charge is 0.432 e. The summed E-state index contributed by atoms with van der Waals surface area (Å²) in [7, 11) is 0. The van der Waals surface area contributed by atoms with Crippen LogP contribution < -0.4 is 16.0 Å². The van der Waals surface area contributed by atoms with E-state index in [0.717, 1.165) is 12.4 Å². The highest BCUT2D eigenvalue weighted by Gasteiger charge is 2.25. The summed E-state index contributed by atoms with van der Waals surface area (Å²) in [5, 5.41) is 10.9. The smallest absolute Gasteiger partial charge is 0.374 e. The quantitative estimate of drug-likeness (QED) is 0.363. The number of ether oxygens (including phenoxy) is 1. The lowest BCUT2D eigenvalue weighted by atomic mass is 10.3. The van der Waals surface area contributed by atoms with Gasteiger partial charge in [0.15, 0.2) is 0 Å². The molecule has 1 aromatic heterocycles. The third-order valence-corrected chi connectivity index (χ3v) is 3.20. The van der Waals surface area contributed by atoms with E-state index >= 15 is 0 Å². The molecule has 8 nitrogen and oxygen atoms in total. The number of hydrazine groups is 1. The van der Waals surface area contributed by atoms with Gasteiger partial charge >= 0.3 is 11.6 Å². The maximum absolute atomic E-state index is 13.4. The van der Waals surface area contributed by atoms with Crippen molar-refractivity contribution in [3.8, 4) is 11.6 Å². The lowest BCUT2D eigenvalue weighted by Gasteiger charge is -2.09. The second kappa shape index (κ2) is 6.16. The molecular weight excluding hydrogens is 372 g/mol. The first-order chi connectivity index (χ1) is 9.93. The predicted molar refractivity (Wildman–Crippen MR) is 75.7 cm³/mol. The molecule has 0 saturated heterocycles. The van der Waals surface area contributed by atoms with Crippen molar-refractivity contribution in [1.82, 2.24) is 9.97 Å². The molecule has 0 saturated carbocycles. The zero-order valence-electron chi connectivity index (χ0n) is 10.0. The first-order valence-electron chi connectivity index (χ1n) is 5.22. The Bertz CT molecular complexity index is 717. The standard InChI is InChI=1S/C10H6BrClFN5O3/c11-4-1-5(12)6(13)2-7(4)21-10-8(18(19)20)9(17-14)15-3-16-10/h1-3H,14H2,(H,15,16,17). The molecule has 1 aromatic carbocycles. The predicted octanol–water partition coefficient (Wildman–Crippen LogP) is 3.02. The highest BCUT2D eigenvalue weighted by molar-refractivity contribution is 9.10. The Kier molecular flexibility index (Phi) is 4.50. The van der Waals surface area contributed by atoms with E-state index in [0.29, 0.717) is 4.47 Å².